The van der Waals surface area contributed by atoms with Gasteiger partial charge >= 0.3 is 11.9 Å². The highest BCUT2D eigenvalue weighted by Crippen LogP contribution is 2.09. The summed E-state index contributed by atoms with van der Waals surface area (Å²) in [6.07, 6.45) is -0.820. The Labute approximate surface area is 391 Å². The molecule has 1 aromatic carbocycles. The number of carbonyl (C=O) groups excluding carboxylic acids is 8. The van der Waals surface area contributed by atoms with E-state index in [1.807, 2.05) is 0 Å². The molecule has 1 rings (SSSR count). The molecule has 0 heterocycles. The standard InChI is InChI=1S/C41H66N12O15/c1-20(2)13-24(35(62)48-25(15-31(58)59)36(63)51-28(18-55)37(64)49-26(40(67)68)14-22-9-6-5-7-10-22)47-30(57)16-46-34(61)27(17-54)52-39(66)32(21(3)4)53-38(65)29(19-56)50-33(60)23(42)11-8-12-45-41(43)44/h5-7,9-10,20-21,23-29,32,54-56H,8,11-19,42H2,1-4H3,(H,46,61)(H,47,57)(H,48,62)(H,49,64)(H,50,60)(H,51,63)(H,52,66)(H,53,65)(H,58,59)(H,67,68)(H4,43,44,45)/t23-,24-,25-,26-,27-,28-,29-,32-/m0/s1. The van der Waals surface area contributed by atoms with Gasteiger partial charge in [-0.1, -0.05) is 58.0 Å². The second-order valence-electron chi connectivity index (χ2n) is 16.2. The zero-order valence-electron chi connectivity index (χ0n) is 38.2. The van der Waals surface area contributed by atoms with Gasteiger partial charge in [0, 0.05) is 13.0 Å². The van der Waals surface area contributed by atoms with Crippen molar-refractivity contribution in [2.45, 2.75) is 108 Å². The lowest BCUT2D eigenvalue weighted by Crippen LogP contribution is -2.60. The van der Waals surface area contributed by atoms with Crippen LogP contribution in [0.15, 0.2) is 35.3 Å². The minimum absolute atomic E-state index is 0.0848. The minimum Gasteiger partial charge on any atom is -0.481 e. The fourth-order valence-corrected chi connectivity index (χ4v) is 6.05. The number of aliphatic hydroxyl groups is 3. The van der Waals surface area contributed by atoms with E-state index in [1.165, 1.54) is 13.8 Å². The van der Waals surface area contributed by atoms with E-state index in [0.717, 1.165) is 0 Å². The number of aliphatic hydroxyl groups excluding tert-OH is 3. The Hall–Kier alpha value is -6.97. The molecule has 0 saturated carbocycles. The maximum atomic E-state index is 13.5. The molecule has 0 spiro atoms. The predicted octanol–water partition coefficient (Wildman–Crippen LogP) is -6.64. The minimum atomic E-state index is -1.88. The predicted molar refractivity (Wildman–Crippen MR) is 240 cm³/mol. The van der Waals surface area contributed by atoms with Crippen LogP contribution in [0.25, 0.3) is 0 Å². The van der Waals surface area contributed by atoms with Crippen molar-refractivity contribution >= 4 is 65.2 Å². The first-order valence-electron chi connectivity index (χ1n) is 21.5. The normalized spacial score (nSPS) is 14.5. The van der Waals surface area contributed by atoms with Crippen LogP contribution in [0.5, 0.6) is 0 Å². The molecule has 19 N–H and O–H groups in total. The van der Waals surface area contributed by atoms with E-state index in [0.29, 0.717) is 12.0 Å². The topological polar surface area (TPSA) is 459 Å². The Morgan fingerprint density at radius 2 is 1.09 bits per heavy atom. The molecule has 0 radical (unpaired) electrons. The molecule has 0 unspecified atom stereocenters. The fraction of sp³-hybridized carbons (Fsp3) is 0.585. The number of rotatable bonds is 31. The number of nitrogens with zero attached hydrogens (tertiary/aromatic N) is 1. The Bertz CT molecular complexity index is 1920. The smallest absolute Gasteiger partial charge is 0.326 e. The lowest BCUT2D eigenvalue weighted by molar-refractivity contribution is -0.143. The van der Waals surface area contributed by atoms with Crippen LogP contribution in [-0.4, -0.2) is 172 Å². The van der Waals surface area contributed by atoms with Gasteiger partial charge in [-0.25, -0.2) is 4.79 Å². The van der Waals surface area contributed by atoms with Crippen LogP contribution >= 0.6 is 0 Å². The Morgan fingerprint density at radius 3 is 1.60 bits per heavy atom. The maximum absolute atomic E-state index is 13.5. The molecule has 0 bridgehead atoms. The lowest BCUT2D eigenvalue weighted by Gasteiger charge is -2.27. The largest absolute Gasteiger partial charge is 0.481 e. The van der Waals surface area contributed by atoms with Crippen LogP contribution in [0, 0.1) is 11.8 Å². The molecular weight excluding hydrogens is 901 g/mol. The molecule has 27 nitrogen and oxygen atoms in total. The van der Waals surface area contributed by atoms with E-state index in [-0.39, 0.29) is 37.7 Å². The van der Waals surface area contributed by atoms with Crippen molar-refractivity contribution in [1.82, 2.24) is 42.5 Å². The fourth-order valence-electron chi connectivity index (χ4n) is 6.05. The zero-order valence-corrected chi connectivity index (χ0v) is 38.2. The molecule has 380 valence electrons. The molecule has 0 aliphatic carbocycles. The Morgan fingerprint density at radius 1 is 0.603 bits per heavy atom. The average Bonchev–Trinajstić information content (AvgIpc) is 3.27. The van der Waals surface area contributed by atoms with Crippen molar-refractivity contribution in [2.75, 3.05) is 32.9 Å². The number of benzene rings is 1. The third kappa shape index (κ3) is 22.0. The number of carbonyl (C=O) groups is 10. The van der Waals surface area contributed by atoms with Gasteiger partial charge in [0.1, 0.15) is 42.3 Å². The van der Waals surface area contributed by atoms with Crippen LogP contribution in [0.3, 0.4) is 0 Å². The highest BCUT2D eigenvalue weighted by molar-refractivity contribution is 5.98. The number of guanidine groups is 1. The first-order valence-corrected chi connectivity index (χ1v) is 21.5. The van der Waals surface area contributed by atoms with Crippen molar-refractivity contribution in [2.24, 2.45) is 34.0 Å². The lowest BCUT2D eigenvalue weighted by atomic mass is 10.0. The molecule has 0 aromatic heterocycles. The number of carboxylic acid groups (broad SMARTS) is 2. The molecule has 0 aliphatic heterocycles. The highest BCUT2D eigenvalue weighted by Gasteiger charge is 2.34. The summed E-state index contributed by atoms with van der Waals surface area (Å²) in [5.74, 6) is -12.4. The third-order valence-electron chi connectivity index (χ3n) is 9.69. The van der Waals surface area contributed by atoms with Gasteiger partial charge in [-0.2, -0.15) is 0 Å². The molecule has 68 heavy (non-hydrogen) atoms. The maximum Gasteiger partial charge on any atom is 0.326 e. The van der Waals surface area contributed by atoms with E-state index >= 15 is 0 Å². The molecule has 1 aromatic rings. The van der Waals surface area contributed by atoms with Crippen LogP contribution in [-0.2, 0) is 54.4 Å². The van der Waals surface area contributed by atoms with Gasteiger partial charge < -0.3 is 85.3 Å². The summed E-state index contributed by atoms with van der Waals surface area (Å²) in [6, 6.07) is -4.07. The summed E-state index contributed by atoms with van der Waals surface area (Å²) < 4.78 is 0. The number of nitrogens with one attached hydrogen (secondary N) is 8. The quantitative estimate of drug-likeness (QED) is 0.0187. The first-order chi connectivity index (χ1) is 31.9. The summed E-state index contributed by atoms with van der Waals surface area (Å²) in [5.41, 5.74) is 16.9. The number of carboxylic acids is 2. The second kappa shape index (κ2) is 30.3. The molecular formula is C41H66N12O15. The number of aliphatic imine (C=N–C) groups is 1. The molecule has 27 heteroatoms. The number of amides is 8. The number of nitrogens with two attached hydrogens (primary N) is 3. The van der Waals surface area contributed by atoms with Crippen molar-refractivity contribution in [1.29, 1.82) is 0 Å². The molecule has 8 atom stereocenters. The number of hydrogen-bond donors (Lipinski definition) is 16. The van der Waals surface area contributed by atoms with E-state index in [2.05, 4.69) is 47.5 Å². The van der Waals surface area contributed by atoms with Crippen LogP contribution in [0.2, 0.25) is 0 Å². The molecule has 0 aliphatic rings. The molecule has 8 amide bonds. The monoisotopic (exact) mass is 966 g/mol. The number of hydrogen-bond acceptors (Lipinski definition) is 15. The average molecular weight is 967 g/mol. The van der Waals surface area contributed by atoms with Crippen molar-refractivity contribution in [3.63, 3.8) is 0 Å². The van der Waals surface area contributed by atoms with Crippen LogP contribution in [0.1, 0.15) is 58.9 Å². The Balaban J connectivity index is 2.98. The molecule has 0 fully saturated rings. The first kappa shape index (κ1) is 59.0. The van der Waals surface area contributed by atoms with Crippen molar-refractivity contribution in [3.05, 3.63) is 35.9 Å². The van der Waals surface area contributed by atoms with E-state index in [1.54, 1.807) is 44.2 Å². The van der Waals surface area contributed by atoms with Gasteiger partial charge in [0.05, 0.1) is 38.8 Å². The van der Waals surface area contributed by atoms with Crippen LogP contribution in [0.4, 0.5) is 0 Å². The van der Waals surface area contributed by atoms with E-state index < -0.39 is 146 Å². The summed E-state index contributed by atoms with van der Waals surface area (Å²) in [6.45, 7) is 2.82. The van der Waals surface area contributed by atoms with E-state index in [9.17, 15) is 73.5 Å². The van der Waals surface area contributed by atoms with Gasteiger partial charge in [-0.3, -0.25) is 48.1 Å². The van der Waals surface area contributed by atoms with Gasteiger partial charge in [-0.05, 0) is 36.7 Å². The van der Waals surface area contributed by atoms with Crippen molar-refractivity contribution < 1.29 is 73.5 Å². The van der Waals surface area contributed by atoms with Gasteiger partial charge in [-0.15, -0.1) is 0 Å². The van der Waals surface area contributed by atoms with E-state index in [4.69, 9.17) is 17.2 Å². The third-order valence-corrected chi connectivity index (χ3v) is 9.69. The zero-order chi connectivity index (χ0) is 51.7. The number of aliphatic carboxylic acids is 2. The molecule has 0 saturated heterocycles. The summed E-state index contributed by atoms with van der Waals surface area (Å²) >= 11 is 0. The van der Waals surface area contributed by atoms with Gasteiger partial charge in [0.15, 0.2) is 5.96 Å². The summed E-state index contributed by atoms with van der Waals surface area (Å²) in [7, 11) is 0. The highest BCUT2D eigenvalue weighted by atomic mass is 16.4. The van der Waals surface area contributed by atoms with Gasteiger partial charge in [0.2, 0.25) is 47.3 Å². The SMILES string of the molecule is CC(C)C[C@H](NC(=O)CNC(=O)[C@H](CO)NC(=O)[C@@H](NC(=O)[C@H](CO)NC(=O)[C@@H](N)CCCN=C(N)N)C(C)C)C(=O)N[C@@H](CC(=O)O)C(=O)N[C@@H](CO)C(=O)N[C@@H](Cc1ccccc1)C(=O)O. The Kier molecular flexibility index (Phi) is 26.3. The summed E-state index contributed by atoms with van der Waals surface area (Å²) in [4.78, 5) is 132. The van der Waals surface area contributed by atoms with Crippen molar-refractivity contribution in [3.8, 4) is 0 Å². The second-order valence-corrected chi connectivity index (χ2v) is 16.2. The van der Waals surface area contributed by atoms with Gasteiger partial charge in [0.25, 0.3) is 0 Å². The van der Waals surface area contributed by atoms with Crippen LogP contribution < -0.4 is 59.7 Å². The summed E-state index contributed by atoms with van der Waals surface area (Å²) in [5, 5.41) is 66.8.